The van der Waals surface area contributed by atoms with Gasteiger partial charge in [0.05, 0.1) is 12.8 Å². The Morgan fingerprint density at radius 2 is 2.15 bits per heavy atom. The first kappa shape index (κ1) is 15.3. The topological polar surface area (TPSA) is 42.4 Å². The normalized spacial score (nSPS) is 12.8. The minimum absolute atomic E-state index is 0.205. The fourth-order valence-electron chi connectivity index (χ4n) is 2.42. The summed E-state index contributed by atoms with van der Waals surface area (Å²) in [5.41, 5.74) is 8.50. The molecular weight excluding hydrogens is 316 g/mol. The molecular formula is C16H21BrN2O. The van der Waals surface area contributed by atoms with Gasteiger partial charge in [0.1, 0.15) is 5.76 Å². The molecule has 2 rings (SSSR count). The molecule has 0 aliphatic heterocycles. The van der Waals surface area contributed by atoms with E-state index >= 15 is 0 Å². The predicted octanol–water partition coefficient (Wildman–Crippen LogP) is 3.87. The number of furan rings is 1. The Kier molecular flexibility index (Phi) is 5.40. The third kappa shape index (κ3) is 3.51. The number of halogens is 1. The maximum absolute atomic E-state index is 6.01. The van der Waals surface area contributed by atoms with Crippen LogP contribution in [0.5, 0.6) is 0 Å². The van der Waals surface area contributed by atoms with Gasteiger partial charge >= 0.3 is 0 Å². The van der Waals surface area contributed by atoms with Crippen LogP contribution in [0.15, 0.2) is 45.5 Å². The highest BCUT2D eigenvalue weighted by Crippen LogP contribution is 2.26. The number of aryl methyl sites for hydroxylation is 1. The molecule has 4 heteroatoms. The summed E-state index contributed by atoms with van der Waals surface area (Å²) in [6.07, 6.45) is 1.71. The first-order chi connectivity index (χ1) is 9.65. The van der Waals surface area contributed by atoms with Crippen molar-refractivity contribution in [2.75, 3.05) is 13.1 Å². The van der Waals surface area contributed by atoms with Gasteiger partial charge in [-0.3, -0.25) is 4.90 Å². The van der Waals surface area contributed by atoms with Crippen LogP contribution in [-0.4, -0.2) is 18.0 Å². The van der Waals surface area contributed by atoms with Crippen LogP contribution in [0.4, 0.5) is 0 Å². The van der Waals surface area contributed by atoms with E-state index in [1.807, 2.05) is 12.1 Å². The zero-order chi connectivity index (χ0) is 14.5. The smallest absolute Gasteiger partial charge is 0.117 e. The van der Waals surface area contributed by atoms with Crippen LogP contribution < -0.4 is 5.73 Å². The Labute approximate surface area is 128 Å². The summed E-state index contributed by atoms with van der Waals surface area (Å²) >= 11 is 3.54. The number of benzene rings is 1. The van der Waals surface area contributed by atoms with Crippen molar-refractivity contribution in [3.63, 3.8) is 0 Å². The first-order valence-corrected chi connectivity index (χ1v) is 7.67. The minimum Gasteiger partial charge on any atom is -0.468 e. The minimum atomic E-state index is 0.205. The molecule has 1 unspecified atom stereocenters. The van der Waals surface area contributed by atoms with E-state index < -0.39 is 0 Å². The molecule has 0 radical (unpaired) electrons. The second-order valence-electron chi connectivity index (χ2n) is 4.90. The third-order valence-corrected chi connectivity index (χ3v) is 4.47. The van der Waals surface area contributed by atoms with Crippen molar-refractivity contribution < 1.29 is 4.42 Å². The Morgan fingerprint density at radius 3 is 2.70 bits per heavy atom. The molecule has 0 amide bonds. The van der Waals surface area contributed by atoms with Gasteiger partial charge in [0.15, 0.2) is 0 Å². The summed E-state index contributed by atoms with van der Waals surface area (Å²) in [5.74, 6) is 0.971. The molecule has 0 aliphatic rings. The van der Waals surface area contributed by atoms with Crippen molar-refractivity contribution in [1.29, 1.82) is 0 Å². The average molecular weight is 337 g/mol. The molecule has 0 aliphatic carbocycles. The molecule has 108 valence electrons. The van der Waals surface area contributed by atoms with Crippen LogP contribution in [0.25, 0.3) is 0 Å². The maximum Gasteiger partial charge on any atom is 0.117 e. The molecule has 2 aromatic rings. The molecule has 0 fully saturated rings. The number of nitrogens with zero attached hydrogens (tertiary/aromatic N) is 1. The molecule has 1 aromatic heterocycles. The lowest BCUT2D eigenvalue weighted by atomic mass is 10.0. The van der Waals surface area contributed by atoms with E-state index in [0.29, 0.717) is 6.54 Å². The number of rotatable bonds is 6. The van der Waals surface area contributed by atoms with E-state index in [2.05, 4.69) is 52.9 Å². The Balaban J connectivity index is 2.21. The molecule has 0 bridgehead atoms. The van der Waals surface area contributed by atoms with Crippen LogP contribution in [0.3, 0.4) is 0 Å². The maximum atomic E-state index is 6.01. The Bertz CT molecular complexity index is 539. The van der Waals surface area contributed by atoms with Gasteiger partial charge < -0.3 is 10.2 Å². The van der Waals surface area contributed by atoms with Gasteiger partial charge in [0, 0.05) is 17.1 Å². The first-order valence-electron chi connectivity index (χ1n) is 6.88. The molecule has 0 spiro atoms. The highest BCUT2D eigenvalue weighted by Gasteiger charge is 2.19. The molecule has 1 heterocycles. The zero-order valence-electron chi connectivity index (χ0n) is 12.0. The summed E-state index contributed by atoms with van der Waals surface area (Å²) in [4.78, 5) is 2.33. The molecule has 1 atom stereocenters. The molecule has 20 heavy (non-hydrogen) atoms. The van der Waals surface area contributed by atoms with E-state index in [4.69, 9.17) is 10.2 Å². The second kappa shape index (κ2) is 7.07. The van der Waals surface area contributed by atoms with E-state index in [9.17, 15) is 0 Å². The SMILES string of the molecule is CCN(Cc1ccco1)C(CN)c1ccc(Br)c(C)c1. The zero-order valence-corrected chi connectivity index (χ0v) is 13.6. The fraction of sp³-hybridized carbons (Fsp3) is 0.375. The Morgan fingerprint density at radius 1 is 1.35 bits per heavy atom. The number of hydrogen-bond acceptors (Lipinski definition) is 3. The molecule has 2 N–H and O–H groups in total. The van der Waals surface area contributed by atoms with Gasteiger partial charge in [-0.05, 0) is 42.8 Å². The molecule has 0 saturated carbocycles. The number of hydrogen-bond donors (Lipinski definition) is 1. The second-order valence-corrected chi connectivity index (χ2v) is 5.76. The quantitative estimate of drug-likeness (QED) is 0.870. The van der Waals surface area contributed by atoms with Crippen molar-refractivity contribution in [2.24, 2.45) is 5.73 Å². The summed E-state index contributed by atoms with van der Waals surface area (Å²) in [7, 11) is 0. The van der Waals surface area contributed by atoms with Gasteiger partial charge in [-0.25, -0.2) is 0 Å². The van der Waals surface area contributed by atoms with Crippen molar-refractivity contribution in [1.82, 2.24) is 4.90 Å². The number of nitrogens with two attached hydrogens (primary N) is 1. The fourth-order valence-corrected chi connectivity index (χ4v) is 2.66. The third-order valence-electron chi connectivity index (χ3n) is 3.58. The van der Waals surface area contributed by atoms with Crippen molar-refractivity contribution >= 4 is 15.9 Å². The van der Waals surface area contributed by atoms with Crippen LogP contribution >= 0.6 is 15.9 Å². The van der Waals surface area contributed by atoms with Gasteiger partial charge in [-0.15, -0.1) is 0 Å². The van der Waals surface area contributed by atoms with Crippen LogP contribution in [0.2, 0.25) is 0 Å². The Hall–Kier alpha value is -1.10. The summed E-state index contributed by atoms with van der Waals surface area (Å²) in [6, 6.07) is 10.6. The van der Waals surface area contributed by atoms with Crippen molar-refractivity contribution in [3.8, 4) is 0 Å². The summed E-state index contributed by atoms with van der Waals surface area (Å²) in [6.45, 7) is 6.55. The van der Waals surface area contributed by atoms with Gasteiger partial charge in [0.25, 0.3) is 0 Å². The lowest BCUT2D eigenvalue weighted by Gasteiger charge is -2.29. The lowest BCUT2D eigenvalue weighted by Crippen LogP contribution is -2.33. The average Bonchev–Trinajstić information content (AvgIpc) is 2.95. The van der Waals surface area contributed by atoms with E-state index in [1.165, 1.54) is 11.1 Å². The van der Waals surface area contributed by atoms with Crippen LogP contribution in [0, 0.1) is 6.92 Å². The van der Waals surface area contributed by atoms with Crippen LogP contribution in [-0.2, 0) is 6.54 Å². The van der Waals surface area contributed by atoms with E-state index in [-0.39, 0.29) is 6.04 Å². The van der Waals surface area contributed by atoms with Gasteiger partial charge in [-0.2, -0.15) is 0 Å². The van der Waals surface area contributed by atoms with E-state index in [0.717, 1.165) is 23.3 Å². The summed E-state index contributed by atoms with van der Waals surface area (Å²) < 4.78 is 6.58. The summed E-state index contributed by atoms with van der Waals surface area (Å²) in [5, 5.41) is 0. The monoisotopic (exact) mass is 336 g/mol. The highest BCUT2D eigenvalue weighted by atomic mass is 79.9. The van der Waals surface area contributed by atoms with Crippen molar-refractivity contribution in [3.05, 3.63) is 58.0 Å². The number of likely N-dealkylation sites (N-methyl/N-ethyl adjacent to an activating group) is 1. The van der Waals surface area contributed by atoms with Gasteiger partial charge in [0.2, 0.25) is 0 Å². The highest BCUT2D eigenvalue weighted by molar-refractivity contribution is 9.10. The lowest BCUT2D eigenvalue weighted by molar-refractivity contribution is 0.188. The standard InChI is InChI=1S/C16H21BrN2O/c1-3-19(11-14-5-4-8-20-14)16(10-18)13-6-7-15(17)12(2)9-13/h4-9,16H,3,10-11,18H2,1-2H3. The molecule has 3 nitrogen and oxygen atoms in total. The molecule has 1 aromatic carbocycles. The van der Waals surface area contributed by atoms with E-state index in [1.54, 1.807) is 6.26 Å². The largest absolute Gasteiger partial charge is 0.468 e. The van der Waals surface area contributed by atoms with Crippen molar-refractivity contribution in [2.45, 2.75) is 26.4 Å². The predicted molar refractivity (Wildman–Crippen MR) is 85.5 cm³/mol. The van der Waals surface area contributed by atoms with Gasteiger partial charge in [-0.1, -0.05) is 35.0 Å². The molecule has 0 saturated heterocycles. The van der Waals surface area contributed by atoms with Crippen LogP contribution in [0.1, 0.15) is 29.9 Å².